The van der Waals surface area contributed by atoms with Crippen molar-refractivity contribution in [2.24, 2.45) is 0 Å². The highest BCUT2D eigenvalue weighted by atomic mass is 32.1. The van der Waals surface area contributed by atoms with Crippen molar-refractivity contribution in [2.75, 3.05) is 26.2 Å². The Labute approximate surface area is 118 Å². The molecule has 2 rings (SSSR count). The number of ether oxygens (including phenoxy) is 1. The van der Waals surface area contributed by atoms with E-state index >= 15 is 0 Å². The third kappa shape index (κ3) is 4.47. The van der Waals surface area contributed by atoms with Crippen LogP contribution in [0.2, 0.25) is 0 Å². The molecule has 0 N–H and O–H groups in total. The van der Waals surface area contributed by atoms with Gasteiger partial charge in [-0.3, -0.25) is 9.88 Å². The number of carbonyl (C=O) groups excluding carboxylic acids is 1. The van der Waals surface area contributed by atoms with Crippen LogP contribution in [0.4, 0.5) is 4.79 Å². The Morgan fingerprint density at radius 1 is 1.37 bits per heavy atom. The number of amides is 1. The van der Waals surface area contributed by atoms with E-state index in [4.69, 9.17) is 4.74 Å². The second-order valence-corrected chi connectivity index (χ2v) is 6.68. The average Bonchev–Trinajstić information content (AvgIpc) is 2.80. The van der Waals surface area contributed by atoms with E-state index in [1.54, 1.807) is 16.2 Å². The van der Waals surface area contributed by atoms with Crippen LogP contribution in [-0.4, -0.2) is 52.7 Å². The Kier molecular flexibility index (Phi) is 4.42. The predicted octanol–water partition coefficient (Wildman–Crippen LogP) is 2.20. The van der Waals surface area contributed by atoms with E-state index in [9.17, 15) is 4.79 Å². The molecule has 1 fully saturated rings. The monoisotopic (exact) mass is 283 g/mol. The Bertz CT molecular complexity index is 406. The number of hydrogen-bond donors (Lipinski definition) is 0. The van der Waals surface area contributed by atoms with Gasteiger partial charge in [-0.1, -0.05) is 0 Å². The van der Waals surface area contributed by atoms with E-state index in [0.717, 1.165) is 32.7 Å². The lowest BCUT2D eigenvalue weighted by atomic mass is 10.2. The van der Waals surface area contributed by atoms with Gasteiger partial charge in [-0.2, -0.15) is 0 Å². The van der Waals surface area contributed by atoms with Gasteiger partial charge in [-0.15, -0.1) is 11.3 Å². The van der Waals surface area contributed by atoms with Gasteiger partial charge < -0.3 is 9.64 Å². The zero-order valence-corrected chi connectivity index (χ0v) is 12.6. The molecule has 0 spiro atoms. The summed E-state index contributed by atoms with van der Waals surface area (Å²) in [6.45, 7) is 9.84. The van der Waals surface area contributed by atoms with Crippen LogP contribution in [-0.2, 0) is 11.3 Å². The van der Waals surface area contributed by atoms with Gasteiger partial charge in [-0.25, -0.2) is 4.79 Å². The fourth-order valence-electron chi connectivity index (χ4n) is 1.96. The number of rotatable bonds is 2. The molecule has 1 aliphatic heterocycles. The normalized spacial score (nSPS) is 17.5. The van der Waals surface area contributed by atoms with Crippen molar-refractivity contribution in [3.63, 3.8) is 0 Å². The van der Waals surface area contributed by atoms with Gasteiger partial charge in [-0.05, 0) is 20.8 Å². The number of nitrogens with zero attached hydrogens (tertiary/aromatic N) is 3. The van der Waals surface area contributed by atoms with E-state index in [2.05, 4.69) is 9.88 Å². The number of carbonyl (C=O) groups is 1. The molecule has 0 unspecified atom stereocenters. The van der Waals surface area contributed by atoms with Crippen LogP contribution in [0.1, 0.15) is 25.6 Å². The minimum absolute atomic E-state index is 0.204. The molecule has 1 amide bonds. The minimum atomic E-state index is -0.420. The highest BCUT2D eigenvalue weighted by Crippen LogP contribution is 2.14. The van der Waals surface area contributed by atoms with Crippen LogP contribution < -0.4 is 0 Å². The molecule has 0 bridgehead atoms. The van der Waals surface area contributed by atoms with Gasteiger partial charge in [0, 0.05) is 43.8 Å². The van der Waals surface area contributed by atoms with Crippen molar-refractivity contribution >= 4 is 17.4 Å². The standard InChI is InChI=1S/C13H21N3O2S/c1-13(2,3)18-12(17)16-6-4-15(5-7-16)9-11-8-14-10-19-11/h8,10H,4-7,9H2,1-3H3. The van der Waals surface area contributed by atoms with Crippen LogP contribution >= 0.6 is 11.3 Å². The fourth-order valence-corrected chi connectivity index (χ4v) is 2.59. The summed E-state index contributed by atoms with van der Waals surface area (Å²) < 4.78 is 5.38. The van der Waals surface area contributed by atoms with Crippen LogP contribution in [0.25, 0.3) is 0 Å². The molecule has 19 heavy (non-hydrogen) atoms. The molecule has 1 aliphatic rings. The van der Waals surface area contributed by atoms with Gasteiger partial charge in [0.1, 0.15) is 5.60 Å². The Morgan fingerprint density at radius 2 is 2.05 bits per heavy atom. The summed E-state index contributed by atoms with van der Waals surface area (Å²) >= 11 is 1.67. The third-order valence-corrected chi connectivity index (χ3v) is 3.65. The molecule has 1 aromatic heterocycles. The highest BCUT2D eigenvalue weighted by Gasteiger charge is 2.25. The molecule has 0 saturated carbocycles. The summed E-state index contributed by atoms with van der Waals surface area (Å²) in [6, 6.07) is 0. The molecular formula is C13H21N3O2S. The molecule has 0 radical (unpaired) electrons. The molecule has 5 nitrogen and oxygen atoms in total. The van der Waals surface area contributed by atoms with Gasteiger partial charge in [0.25, 0.3) is 0 Å². The van der Waals surface area contributed by atoms with Crippen molar-refractivity contribution in [1.29, 1.82) is 0 Å². The molecule has 106 valence electrons. The van der Waals surface area contributed by atoms with Crippen molar-refractivity contribution in [3.8, 4) is 0 Å². The van der Waals surface area contributed by atoms with Gasteiger partial charge in [0.15, 0.2) is 0 Å². The average molecular weight is 283 g/mol. The summed E-state index contributed by atoms with van der Waals surface area (Å²) in [6.07, 6.45) is 1.70. The first-order valence-electron chi connectivity index (χ1n) is 6.52. The van der Waals surface area contributed by atoms with E-state index in [1.165, 1.54) is 4.88 Å². The van der Waals surface area contributed by atoms with Crippen LogP contribution in [0.5, 0.6) is 0 Å². The molecule has 6 heteroatoms. The second kappa shape index (κ2) is 5.88. The molecular weight excluding hydrogens is 262 g/mol. The third-order valence-electron chi connectivity index (χ3n) is 2.89. The van der Waals surface area contributed by atoms with Gasteiger partial charge in [0.2, 0.25) is 0 Å². The largest absolute Gasteiger partial charge is 0.444 e. The Balaban J connectivity index is 1.77. The van der Waals surface area contributed by atoms with Gasteiger partial charge in [0.05, 0.1) is 5.51 Å². The minimum Gasteiger partial charge on any atom is -0.444 e. The van der Waals surface area contributed by atoms with Crippen molar-refractivity contribution in [1.82, 2.24) is 14.8 Å². The molecule has 1 aromatic rings. The lowest BCUT2D eigenvalue weighted by Gasteiger charge is -2.35. The van der Waals surface area contributed by atoms with Crippen molar-refractivity contribution in [3.05, 3.63) is 16.6 Å². The van der Waals surface area contributed by atoms with Crippen LogP contribution in [0, 0.1) is 0 Å². The molecule has 0 atom stereocenters. The molecule has 2 heterocycles. The van der Waals surface area contributed by atoms with E-state index in [0.29, 0.717) is 0 Å². The smallest absolute Gasteiger partial charge is 0.410 e. The van der Waals surface area contributed by atoms with Gasteiger partial charge >= 0.3 is 6.09 Å². The van der Waals surface area contributed by atoms with E-state index < -0.39 is 5.60 Å². The van der Waals surface area contributed by atoms with E-state index in [-0.39, 0.29) is 6.09 Å². The number of piperazine rings is 1. The first kappa shape index (κ1) is 14.3. The zero-order valence-electron chi connectivity index (χ0n) is 11.8. The highest BCUT2D eigenvalue weighted by molar-refractivity contribution is 7.09. The summed E-state index contributed by atoms with van der Waals surface area (Å²) in [4.78, 5) is 21.4. The van der Waals surface area contributed by atoms with E-state index in [1.807, 2.05) is 32.5 Å². The zero-order chi connectivity index (χ0) is 13.9. The lowest BCUT2D eigenvalue weighted by Crippen LogP contribution is -2.49. The summed E-state index contributed by atoms with van der Waals surface area (Å²) in [5.41, 5.74) is 1.43. The SMILES string of the molecule is CC(C)(C)OC(=O)N1CCN(Cc2cncs2)CC1. The Morgan fingerprint density at radius 3 is 2.58 bits per heavy atom. The molecule has 1 saturated heterocycles. The maximum Gasteiger partial charge on any atom is 0.410 e. The second-order valence-electron chi connectivity index (χ2n) is 5.71. The number of hydrogen-bond acceptors (Lipinski definition) is 5. The van der Waals surface area contributed by atoms with Crippen LogP contribution in [0.3, 0.4) is 0 Å². The summed E-state index contributed by atoms with van der Waals surface area (Å²) in [5, 5.41) is 0. The van der Waals surface area contributed by atoms with Crippen molar-refractivity contribution < 1.29 is 9.53 Å². The quantitative estimate of drug-likeness (QED) is 0.834. The first-order valence-corrected chi connectivity index (χ1v) is 7.40. The maximum absolute atomic E-state index is 11.9. The Hall–Kier alpha value is -1.14. The topological polar surface area (TPSA) is 45.7 Å². The first-order chi connectivity index (χ1) is 8.94. The summed E-state index contributed by atoms with van der Waals surface area (Å²) in [5.74, 6) is 0. The number of thiazole rings is 1. The lowest BCUT2D eigenvalue weighted by molar-refractivity contribution is 0.0139. The predicted molar refractivity (Wildman–Crippen MR) is 75.2 cm³/mol. The van der Waals surface area contributed by atoms with Crippen molar-refractivity contribution in [2.45, 2.75) is 32.9 Å². The maximum atomic E-state index is 11.9. The number of aromatic nitrogens is 1. The molecule has 0 aliphatic carbocycles. The fraction of sp³-hybridized carbons (Fsp3) is 0.692. The molecule has 0 aromatic carbocycles. The van der Waals surface area contributed by atoms with Crippen LogP contribution in [0.15, 0.2) is 11.7 Å². The summed E-state index contributed by atoms with van der Waals surface area (Å²) in [7, 11) is 0.